The lowest BCUT2D eigenvalue weighted by molar-refractivity contribution is -0.137. The first-order chi connectivity index (χ1) is 7.38. The molecule has 2 atom stereocenters. The summed E-state index contributed by atoms with van der Waals surface area (Å²) in [4.78, 5) is 15.1. The van der Waals surface area contributed by atoms with Gasteiger partial charge in [-0.15, -0.1) is 0 Å². The van der Waals surface area contributed by atoms with E-state index in [4.69, 9.17) is 5.11 Å². The molecule has 0 fully saturated rings. The van der Waals surface area contributed by atoms with Crippen LogP contribution < -0.4 is 0 Å². The summed E-state index contributed by atoms with van der Waals surface area (Å²) < 4.78 is 0. The van der Waals surface area contributed by atoms with Crippen molar-refractivity contribution in [1.82, 2.24) is 9.80 Å². The van der Waals surface area contributed by atoms with Gasteiger partial charge in [-0.1, -0.05) is 6.92 Å². The fourth-order valence-electron chi connectivity index (χ4n) is 2.19. The molecule has 0 bridgehead atoms. The van der Waals surface area contributed by atoms with Crippen molar-refractivity contribution < 1.29 is 9.90 Å². The van der Waals surface area contributed by atoms with Gasteiger partial charge < -0.3 is 10.0 Å². The van der Waals surface area contributed by atoms with Gasteiger partial charge in [0, 0.05) is 25.0 Å². The number of carboxylic acid groups (broad SMARTS) is 1. The molecule has 96 valence electrons. The highest BCUT2D eigenvalue weighted by atomic mass is 16.4. The van der Waals surface area contributed by atoms with Crippen LogP contribution in [0.3, 0.4) is 0 Å². The smallest absolute Gasteiger partial charge is 0.303 e. The fraction of sp³-hybridized carbons (Fsp3) is 0.917. The number of nitrogens with zero attached hydrogens (tertiary/aromatic N) is 2. The Morgan fingerprint density at radius 3 is 2.19 bits per heavy atom. The molecule has 0 aliphatic carbocycles. The summed E-state index contributed by atoms with van der Waals surface area (Å²) in [5.74, 6) is -0.705. The molecule has 0 spiro atoms. The van der Waals surface area contributed by atoms with Crippen molar-refractivity contribution in [3.8, 4) is 0 Å². The second-order valence-electron chi connectivity index (χ2n) is 4.72. The number of hydrogen-bond donors (Lipinski definition) is 1. The van der Waals surface area contributed by atoms with Gasteiger partial charge in [-0.2, -0.15) is 0 Å². The molecule has 0 saturated heterocycles. The number of carbonyl (C=O) groups is 1. The van der Waals surface area contributed by atoms with E-state index < -0.39 is 5.97 Å². The van der Waals surface area contributed by atoms with Crippen LogP contribution in [-0.4, -0.2) is 60.1 Å². The number of rotatable bonds is 8. The highest BCUT2D eigenvalue weighted by Gasteiger charge is 2.19. The van der Waals surface area contributed by atoms with E-state index in [0.29, 0.717) is 12.1 Å². The maximum atomic E-state index is 10.5. The van der Waals surface area contributed by atoms with E-state index in [1.807, 2.05) is 0 Å². The first-order valence-corrected chi connectivity index (χ1v) is 6.00. The van der Waals surface area contributed by atoms with Crippen molar-refractivity contribution in [2.24, 2.45) is 0 Å². The lowest BCUT2D eigenvalue weighted by atomic mass is 10.1. The predicted octanol–water partition coefficient (Wildman–Crippen LogP) is 1.51. The van der Waals surface area contributed by atoms with Crippen LogP contribution in [0.5, 0.6) is 0 Å². The van der Waals surface area contributed by atoms with E-state index in [-0.39, 0.29) is 6.42 Å². The third-order valence-electron chi connectivity index (χ3n) is 2.90. The average molecular weight is 230 g/mol. The van der Waals surface area contributed by atoms with Gasteiger partial charge >= 0.3 is 5.97 Å². The summed E-state index contributed by atoms with van der Waals surface area (Å²) in [5.41, 5.74) is 0. The molecule has 16 heavy (non-hydrogen) atoms. The van der Waals surface area contributed by atoms with Gasteiger partial charge in [-0.25, -0.2) is 0 Å². The molecule has 1 N–H and O–H groups in total. The lowest BCUT2D eigenvalue weighted by Gasteiger charge is -2.34. The number of hydrogen-bond acceptors (Lipinski definition) is 3. The van der Waals surface area contributed by atoms with Crippen LogP contribution >= 0.6 is 0 Å². The Labute approximate surface area is 99.2 Å². The molecule has 2 unspecified atom stereocenters. The van der Waals surface area contributed by atoms with E-state index in [1.54, 1.807) is 0 Å². The van der Waals surface area contributed by atoms with Crippen molar-refractivity contribution >= 4 is 5.97 Å². The second-order valence-corrected chi connectivity index (χ2v) is 4.72. The summed E-state index contributed by atoms with van der Waals surface area (Å²) in [5, 5.41) is 8.67. The zero-order chi connectivity index (χ0) is 12.7. The molecule has 4 heteroatoms. The number of carboxylic acids is 1. The molecule has 0 aliphatic rings. The first kappa shape index (κ1) is 15.4. The minimum absolute atomic E-state index is 0.256. The summed E-state index contributed by atoms with van der Waals surface area (Å²) in [6.07, 6.45) is 0.979. The summed E-state index contributed by atoms with van der Waals surface area (Å²) in [6.45, 7) is 8.41. The van der Waals surface area contributed by atoms with Crippen LogP contribution in [-0.2, 0) is 4.79 Å². The molecular weight excluding hydrogens is 204 g/mol. The molecule has 0 radical (unpaired) electrons. The Hall–Kier alpha value is -0.610. The van der Waals surface area contributed by atoms with Gasteiger partial charge in [0.1, 0.15) is 0 Å². The van der Waals surface area contributed by atoms with Crippen molar-refractivity contribution in [2.75, 3.05) is 27.2 Å². The average Bonchev–Trinajstić information content (AvgIpc) is 2.14. The van der Waals surface area contributed by atoms with Crippen LogP contribution in [0.2, 0.25) is 0 Å². The van der Waals surface area contributed by atoms with Crippen LogP contribution in [0.15, 0.2) is 0 Å². The topological polar surface area (TPSA) is 43.8 Å². The van der Waals surface area contributed by atoms with E-state index >= 15 is 0 Å². The maximum Gasteiger partial charge on any atom is 0.303 e. The first-order valence-electron chi connectivity index (χ1n) is 6.00. The molecule has 0 amide bonds. The minimum Gasteiger partial charge on any atom is -0.481 e. The fourth-order valence-corrected chi connectivity index (χ4v) is 2.19. The normalized spacial score (nSPS) is 15.4. The van der Waals surface area contributed by atoms with Crippen LogP contribution in [0, 0.1) is 0 Å². The second kappa shape index (κ2) is 7.63. The standard InChI is InChI=1S/C12H26N2O2/c1-6-14(11(3)9-13(4)5)10(2)7-8-12(15)16/h10-11H,6-9H2,1-5H3,(H,15,16). The summed E-state index contributed by atoms with van der Waals surface area (Å²) >= 11 is 0. The van der Waals surface area contributed by atoms with Gasteiger partial charge in [0.25, 0.3) is 0 Å². The predicted molar refractivity (Wildman–Crippen MR) is 66.7 cm³/mol. The zero-order valence-corrected chi connectivity index (χ0v) is 11.2. The van der Waals surface area contributed by atoms with Gasteiger partial charge in [-0.3, -0.25) is 9.69 Å². The SMILES string of the molecule is CCN(C(C)CCC(=O)O)C(C)CN(C)C. The van der Waals surface area contributed by atoms with E-state index in [9.17, 15) is 4.79 Å². The Kier molecular flexibility index (Phi) is 7.34. The molecule has 4 nitrogen and oxygen atoms in total. The molecule has 0 heterocycles. The summed E-state index contributed by atoms with van der Waals surface area (Å²) in [7, 11) is 4.12. The third-order valence-corrected chi connectivity index (χ3v) is 2.90. The highest BCUT2D eigenvalue weighted by molar-refractivity contribution is 5.66. The molecule has 0 aliphatic heterocycles. The Balaban J connectivity index is 4.18. The molecule has 0 aromatic heterocycles. The van der Waals surface area contributed by atoms with Crippen LogP contribution in [0.4, 0.5) is 0 Å². The molecule has 0 aromatic rings. The molecule has 0 saturated carbocycles. The third kappa shape index (κ3) is 6.08. The van der Waals surface area contributed by atoms with E-state index in [0.717, 1.165) is 19.5 Å². The van der Waals surface area contributed by atoms with E-state index in [1.165, 1.54) is 0 Å². The van der Waals surface area contributed by atoms with Gasteiger partial charge in [-0.05, 0) is 40.9 Å². The monoisotopic (exact) mass is 230 g/mol. The van der Waals surface area contributed by atoms with Gasteiger partial charge in [0.05, 0.1) is 0 Å². The Morgan fingerprint density at radius 2 is 1.81 bits per heavy atom. The van der Waals surface area contributed by atoms with Crippen molar-refractivity contribution in [3.63, 3.8) is 0 Å². The van der Waals surface area contributed by atoms with Gasteiger partial charge in [0.15, 0.2) is 0 Å². The highest BCUT2D eigenvalue weighted by Crippen LogP contribution is 2.11. The quantitative estimate of drug-likeness (QED) is 0.686. The van der Waals surface area contributed by atoms with Crippen molar-refractivity contribution in [2.45, 2.75) is 45.7 Å². The molecule has 0 aromatic carbocycles. The lowest BCUT2D eigenvalue weighted by Crippen LogP contribution is -2.45. The summed E-state index contributed by atoms with van der Waals surface area (Å²) in [6, 6.07) is 0.792. The van der Waals surface area contributed by atoms with Crippen LogP contribution in [0.1, 0.15) is 33.6 Å². The van der Waals surface area contributed by atoms with Gasteiger partial charge in [0.2, 0.25) is 0 Å². The number of likely N-dealkylation sites (N-methyl/N-ethyl adjacent to an activating group) is 2. The Morgan fingerprint density at radius 1 is 1.25 bits per heavy atom. The zero-order valence-electron chi connectivity index (χ0n) is 11.2. The number of aliphatic carboxylic acids is 1. The Bertz CT molecular complexity index is 207. The minimum atomic E-state index is -0.705. The van der Waals surface area contributed by atoms with Crippen molar-refractivity contribution in [1.29, 1.82) is 0 Å². The maximum absolute atomic E-state index is 10.5. The van der Waals surface area contributed by atoms with E-state index in [2.05, 4.69) is 44.7 Å². The molecule has 0 rings (SSSR count). The van der Waals surface area contributed by atoms with Crippen molar-refractivity contribution in [3.05, 3.63) is 0 Å². The largest absolute Gasteiger partial charge is 0.481 e. The van der Waals surface area contributed by atoms with Crippen LogP contribution in [0.25, 0.3) is 0 Å². The molecular formula is C12H26N2O2.